The summed E-state index contributed by atoms with van der Waals surface area (Å²) in [6.45, 7) is -0.483. The Balaban J connectivity index is 1.81. The molecular weight excluding hydrogens is 607 g/mol. The van der Waals surface area contributed by atoms with Gasteiger partial charge in [-0.05, 0) is 42.9 Å². The van der Waals surface area contributed by atoms with Crippen LogP contribution in [0.2, 0.25) is 0 Å². The van der Waals surface area contributed by atoms with Gasteiger partial charge >= 0.3 is 11.9 Å². The Labute approximate surface area is 243 Å². The van der Waals surface area contributed by atoms with Crippen LogP contribution in [0.1, 0.15) is 0 Å². The number of rotatable bonds is 9. The highest BCUT2D eigenvalue weighted by atomic mass is 32.2. The fourth-order valence-corrected chi connectivity index (χ4v) is 8.00. The van der Waals surface area contributed by atoms with Crippen LogP contribution in [0.25, 0.3) is 11.0 Å². The van der Waals surface area contributed by atoms with Gasteiger partial charge in [-0.3, -0.25) is 28.6 Å². The maximum atomic E-state index is 13.2. The molecule has 3 heterocycles. The number of thioether (sulfide) groups is 4. The van der Waals surface area contributed by atoms with Crippen LogP contribution in [0.15, 0.2) is 43.9 Å². The van der Waals surface area contributed by atoms with E-state index in [0.29, 0.717) is 0 Å². The van der Waals surface area contributed by atoms with E-state index in [1.54, 1.807) is 41.4 Å². The van der Waals surface area contributed by atoms with E-state index < -0.39 is 36.5 Å². The number of hydrogen-bond donors (Lipinski definition) is 2. The summed E-state index contributed by atoms with van der Waals surface area (Å²) in [7, 11) is 0. The largest absolute Gasteiger partial charge is 0.480 e. The van der Waals surface area contributed by atoms with Gasteiger partial charge in [0.2, 0.25) is 0 Å². The number of hydrogen-bond acceptors (Lipinski definition) is 11. The molecule has 1 aromatic heterocycles. The van der Waals surface area contributed by atoms with E-state index in [2.05, 4.69) is 23.1 Å². The monoisotopic (exact) mass is 627 g/mol. The Kier molecular flexibility index (Phi) is 9.36. The van der Waals surface area contributed by atoms with Crippen LogP contribution in [0.3, 0.4) is 0 Å². The van der Waals surface area contributed by atoms with E-state index in [9.17, 15) is 24.3 Å². The molecule has 0 aliphatic carbocycles. The number of aliphatic carboxylic acids is 2. The first-order chi connectivity index (χ1) is 18.1. The van der Waals surface area contributed by atoms with Crippen molar-refractivity contribution in [3.05, 3.63) is 48.9 Å². The first-order valence-electron chi connectivity index (χ1n) is 10.9. The third kappa shape index (κ3) is 6.02. The van der Waals surface area contributed by atoms with Gasteiger partial charge in [0.15, 0.2) is 0 Å². The van der Waals surface area contributed by atoms with Crippen LogP contribution in [-0.4, -0.2) is 73.2 Å². The first kappa shape index (κ1) is 28.8. The SMILES string of the molecule is CSCCN1C(=CC=c2sc(=C3SC(=S)N(CC(=O)O)C3=O)n(CC(=O)O)c2=O)Sc2ccc(SC)cc21. The van der Waals surface area contributed by atoms with Crippen molar-refractivity contribution in [1.82, 2.24) is 9.47 Å². The number of carbonyl (C=O) groups excluding carboxylic acids is 1. The number of fused-ring (bicyclic) bond motifs is 1. The molecule has 2 aliphatic heterocycles. The second kappa shape index (κ2) is 12.3. The molecule has 0 atom stereocenters. The molecule has 15 heteroatoms. The number of anilines is 1. The van der Waals surface area contributed by atoms with E-state index in [1.165, 1.54) is 0 Å². The molecule has 200 valence electrons. The minimum Gasteiger partial charge on any atom is -0.480 e. The van der Waals surface area contributed by atoms with Gasteiger partial charge in [-0.25, -0.2) is 0 Å². The average Bonchev–Trinajstić information content (AvgIpc) is 3.47. The van der Waals surface area contributed by atoms with Crippen molar-refractivity contribution in [2.24, 2.45) is 0 Å². The number of thiazole rings is 1. The van der Waals surface area contributed by atoms with Gasteiger partial charge in [-0.1, -0.05) is 35.7 Å². The Morgan fingerprint density at radius 3 is 2.45 bits per heavy atom. The maximum Gasteiger partial charge on any atom is 0.323 e. The number of carboxylic acid groups (broad SMARTS) is 2. The topological polar surface area (TPSA) is 120 Å². The van der Waals surface area contributed by atoms with E-state index in [-0.39, 0.29) is 18.4 Å². The summed E-state index contributed by atoms with van der Waals surface area (Å²) < 4.78 is 1.45. The Morgan fingerprint density at radius 2 is 1.79 bits per heavy atom. The zero-order chi connectivity index (χ0) is 27.6. The van der Waals surface area contributed by atoms with Crippen molar-refractivity contribution >= 4 is 109 Å². The third-order valence-corrected chi connectivity index (χ3v) is 10.5. The van der Waals surface area contributed by atoms with Crippen molar-refractivity contribution in [3.8, 4) is 0 Å². The predicted molar refractivity (Wildman–Crippen MR) is 161 cm³/mol. The lowest BCUT2D eigenvalue weighted by Gasteiger charge is -2.20. The molecule has 9 nitrogen and oxygen atoms in total. The van der Waals surface area contributed by atoms with E-state index in [0.717, 1.165) is 65.4 Å². The van der Waals surface area contributed by atoms with E-state index in [4.69, 9.17) is 17.3 Å². The fourth-order valence-electron chi connectivity index (χ4n) is 3.67. The van der Waals surface area contributed by atoms with Crippen molar-refractivity contribution in [2.75, 3.05) is 36.3 Å². The van der Waals surface area contributed by atoms with E-state index >= 15 is 0 Å². The molecule has 1 amide bonds. The highest BCUT2D eigenvalue weighted by Gasteiger charge is 2.35. The van der Waals surface area contributed by atoms with Gasteiger partial charge in [-0.15, -0.1) is 23.1 Å². The molecule has 1 fully saturated rings. The lowest BCUT2D eigenvalue weighted by atomic mass is 10.3. The quantitative estimate of drug-likeness (QED) is 0.314. The molecular formula is C23H21N3O6S6. The first-order valence-corrected chi connectivity index (χ1v) is 16.4. The van der Waals surface area contributed by atoms with Gasteiger partial charge < -0.3 is 15.1 Å². The van der Waals surface area contributed by atoms with Gasteiger partial charge in [0, 0.05) is 22.1 Å². The minimum absolute atomic E-state index is 0.0388. The van der Waals surface area contributed by atoms with Crippen LogP contribution in [0.5, 0.6) is 0 Å². The van der Waals surface area contributed by atoms with Gasteiger partial charge in [-0.2, -0.15) is 11.8 Å². The summed E-state index contributed by atoms with van der Waals surface area (Å²) >= 11 is 12.0. The number of benzene rings is 1. The Morgan fingerprint density at radius 1 is 1.05 bits per heavy atom. The molecule has 2 aliphatic rings. The molecule has 2 aromatic rings. The zero-order valence-corrected chi connectivity index (χ0v) is 24.9. The lowest BCUT2D eigenvalue weighted by Crippen LogP contribution is -2.36. The van der Waals surface area contributed by atoms with Crippen molar-refractivity contribution < 1.29 is 24.6 Å². The van der Waals surface area contributed by atoms with E-state index in [1.807, 2.05) is 18.6 Å². The number of allylic oxidation sites excluding steroid dienone is 1. The summed E-state index contributed by atoms with van der Waals surface area (Å²) in [5.74, 6) is -2.24. The summed E-state index contributed by atoms with van der Waals surface area (Å²) in [4.78, 5) is 54.3. The molecule has 0 unspecified atom stereocenters. The molecule has 0 spiro atoms. The standard InChI is InChI=1S/C23H21N3O6S6/c1-34-8-7-24-13-9-12(35-2)3-4-14(13)36-16(24)6-5-15-20(31)25(10-17(27)28)22(37-15)19-21(32)26(11-18(29)30)23(33)38-19/h3-6,9H,7-8,10-11H2,1-2H3,(H,27,28)(H,29,30). The molecule has 0 bridgehead atoms. The Hall–Kier alpha value is -2.17. The predicted octanol–water partition coefficient (Wildman–Crippen LogP) is 2.37. The third-order valence-electron chi connectivity index (χ3n) is 5.37. The van der Waals surface area contributed by atoms with Crippen LogP contribution < -0.4 is 19.7 Å². The van der Waals surface area contributed by atoms with Crippen LogP contribution in [0, 0.1) is 0 Å². The molecule has 1 aromatic carbocycles. The molecule has 38 heavy (non-hydrogen) atoms. The summed E-state index contributed by atoms with van der Waals surface area (Å²) in [6, 6.07) is 6.29. The van der Waals surface area contributed by atoms with Crippen molar-refractivity contribution in [2.45, 2.75) is 16.3 Å². The summed E-state index contributed by atoms with van der Waals surface area (Å²) in [5, 5.41) is 19.5. The highest BCUT2D eigenvalue weighted by Crippen LogP contribution is 2.47. The molecule has 4 rings (SSSR count). The number of aromatic nitrogens is 1. The van der Waals surface area contributed by atoms with Crippen LogP contribution >= 0.6 is 70.6 Å². The second-order valence-corrected chi connectivity index (χ2v) is 13.4. The fraction of sp³-hybridized carbons (Fsp3) is 0.261. The molecule has 1 saturated heterocycles. The van der Waals surface area contributed by atoms with Crippen LogP contribution in [-0.2, 0) is 20.9 Å². The zero-order valence-electron chi connectivity index (χ0n) is 20.0. The summed E-state index contributed by atoms with van der Waals surface area (Å²) in [5.41, 5.74) is 0.551. The normalized spacial score (nSPS) is 18.2. The minimum atomic E-state index is -1.24. The smallest absolute Gasteiger partial charge is 0.323 e. The Bertz CT molecular complexity index is 1550. The second-order valence-electron chi connectivity index (χ2n) is 7.79. The molecule has 0 saturated carbocycles. The van der Waals surface area contributed by atoms with Gasteiger partial charge in [0.05, 0.1) is 15.2 Å². The van der Waals surface area contributed by atoms with Gasteiger partial charge in [0.25, 0.3) is 11.5 Å². The molecule has 0 radical (unpaired) electrons. The lowest BCUT2D eigenvalue weighted by molar-refractivity contribution is -0.140. The maximum absolute atomic E-state index is 13.2. The van der Waals surface area contributed by atoms with Crippen LogP contribution in [0.4, 0.5) is 5.69 Å². The number of thiocarbonyl (C=S) groups is 1. The van der Waals surface area contributed by atoms with Gasteiger partial charge in [0.1, 0.15) is 27.0 Å². The molecule has 2 N–H and O–H groups in total. The number of carbonyl (C=O) groups is 3. The van der Waals surface area contributed by atoms with Crippen molar-refractivity contribution in [3.63, 3.8) is 0 Å². The highest BCUT2D eigenvalue weighted by molar-refractivity contribution is 8.30. The average molecular weight is 628 g/mol. The summed E-state index contributed by atoms with van der Waals surface area (Å²) in [6.07, 6.45) is 7.54. The number of nitrogens with zero attached hydrogens (tertiary/aromatic N) is 3. The number of amides is 1. The van der Waals surface area contributed by atoms with Crippen molar-refractivity contribution in [1.29, 1.82) is 0 Å². The number of carboxylic acids is 2.